The SMILES string of the molecule is CC(C)c1ccc(-c2noc(COC(=O)c3ccccc3NCCO)n2)cc1. The summed E-state index contributed by atoms with van der Waals surface area (Å²) >= 11 is 0. The average Bonchev–Trinajstić information content (AvgIpc) is 3.20. The van der Waals surface area contributed by atoms with Gasteiger partial charge in [-0.25, -0.2) is 4.79 Å². The number of aromatic nitrogens is 2. The van der Waals surface area contributed by atoms with E-state index in [0.29, 0.717) is 29.5 Å². The molecule has 0 saturated heterocycles. The molecule has 7 nitrogen and oxygen atoms in total. The van der Waals surface area contributed by atoms with Crippen LogP contribution in [0, 0.1) is 0 Å². The van der Waals surface area contributed by atoms with Gasteiger partial charge in [0.15, 0.2) is 6.61 Å². The van der Waals surface area contributed by atoms with Crippen LogP contribution in [0.15, 0.2) is 53.1 Å². The van der Waals surface area contributed by atoms with Gasteiger partial charge < -0.3 is 19.7 Å². The summed E-state index contributed by atoms with van der Waals surface area (Å²) in [6.45, 7) is 4.45. The van der Waals surface area contributed by atoms with Gasteiger partial charge in [0.05, 0.1) is 12.2 Å². The van der Waals surface area contributed by atoms with E-state index < -0.39 is 5.97 Å². The molecule has 2 N–H and O–H groups in total. The maximum atomic E-state index is 12.4. The normalized spacial score (nSPS) is 10.9. The molecule has 0 unspecified atom stereocenters. The van der Waals surface area contributed by atoms with E-state index in [4.69, 9.17) is 14.4 Å². The fourth-order valence-electron chi connectivity index (χ4n) is 2.66. The highest BCUT2D eigenvalue weighted by Crippen LogP contribution is 2.21. The molecule has 0 bridgehead atoms. The maximum absolute atomic E-state index is 12.4. The van der Waals surface area contributed by atoms with Crippen molar-refractivity contribution >= 4 is 11.7 Å². The van der Waals surface area contributed by atoms with Gasteiger partial charge >= 0.3 is 5.97 Å². The van der Waals surface area contributed by atoms with Crippen molar-refractivity contribution in [2.45, 2.75) is 26.4 Å². The molecule has 28 heavy (non-hydrogen) atoms. The van der Waals surface area contributed by atoms with Gasteiger partial charge in [-0.05, 0) is 23.6 Å². The quantitative estimate of drug-likeness (QED) is 0.575. The van der Waals surface area contributed by atoms with Crippen LogP contribution in [-0.2, 0) is 11.3 Å². The van der Waals surface area contributed by atoms with Crippen LogP contribution in [0.1, 0.15) is 41.6 Å². The van der Waals surface area contributed by atoms with Crippen LogP contribution in [0.2, 0.25) is 0 Å². The summed E-state index contributed by atoms with van der Waals surface area (Å²) in [6, 6.07) is 14.9. The Morgan fingerprint density at radius 1 is 1.18 bits per heavy atom. The highest BCUT2D eigenvalue weighted by molar-refractivity contribution is 5.95. The molecule has 3 aromatic rings. The van der Waals surface area contributed by atoms with Crippen LogP contribution in [0.5, 0.6) is 0 Å². The molecule has 1 heterocycles. The standard InChI is InChI=1S/C21H23N3O4/c1-14(2)15-7-9-16(10-8-15)20-23-19(28-24-20)13-27-21(26)17-5-3-4-6-18(17)22-11-12-25/h3-10,14,22,25H,11-13H2,1-2H3. The number of anilines is 1. The molecule has 0 radical (unpaired) electrons. The number of hydrogen-bond acceptors (Lipinski definition) is 7. The number of aliphatic hydroxyl groups is 1. The highest BCUT2D eigenvalue weighted by atomic mass is 16.6. The van der Waals surface area contributed by atoms with Gasteiger partial charge in [-0.2, -0.15) is 4.98 Å². The van der Waals surface area contributed by atoms with Crippen LogP contribution >= 0.6 is 0 Å². The Bertz CT molecular complexity index is 919. The first-order valence-corrected chi connectivity index (χ1v) is 9.12. The number of carbonyl (C=O) groups is 1. The van der Waals surface area contributed by atoms with Crippen LogP contribution in [0.4, 0.5) is 5.69 Å². The van der Waals surface area contributed by atoms with Crippen LogP contribution < -0.4 is 5.32 Å². The lowest BCUT2D eigenvalue weighted by Crippen LogP contribution is -2.12. The summed E-state index contributed by atoms with van der Waals surface area (Å²) in [4.78, 5) is 16.7. The predicted octanol–water partition coefficient (Wildman–Crippen LogP) is 3.62. The minimum atomic E-state index is -0.512. The van der Waals surface area contributed by atoms with Crippen molar-refractivity contribution in [1.29, 1.82) is 0 Å². The van der Waals surface area contributed by atoms with Crippen LogP contribution in [0.25, 0.3) is 11.4 Å². The van der Waals surface area contributed by atoms with Crippen molar-refractivity contribution in [3.63, 3.8) is 0 Å². The van der Waals surface area contributed by atoms with E-state index in [1.807, 2.05) is 24.3 Å². The van der Waals surface area contributed by atoms with E-state index >= 15 is 0 Å². The Morgan fingerprint density at radius 2 is 1.93 bits per heavy atom. The largest absolute Gasteiger partial charge is 0.452 e. The van der Waals surface area contributed by atoms with Gasteiger partial charge in [0, 0.05) is 17.8 Å². The molecule has 7 heteroatoms. The van der Waals surface area contributed by atoms with Gasteiger partial charge in [-0.3, -0.25) is 0 Å². The van der Waals surface area contributed by atoms with E-state index in [2.05, 4.69) is 29.3 Å². The lowest BCUT2D eigenvalue weighted by Gasteiger charge is -2.09. The summed E-state index contributed by atoms with van der Waals surface area (Å²) < 4.78 is 10.5. The number of para-hydroxylation sites is 1. The van der Waals surface area contributed by atoms with Crippen molar-refractivity contribution in [1.82, 2.24) is 10.1 Å². The van der Waals surface area contributed by atoms with E-state index in [9.17, 15) is 4.79 Å². The van der Waals surface area contributed by atoms with Crippen molar-refractivity contribution < 1.29 is 19.2 Å². The molecule has 1 aromatic heterocycles. The zero-order chi connectivity index (χ0) is 19.9. The molecule has 0 aliphatic heterocycles. The molecular formula is C21H23N3O4. The molecule has 0 aliphatic carbocycles. The number of esters is 1. The highest BCUT2D eigenvalue weighted by Gasteiger charge is 2.15. The second-order valence-corrected chi connectivity index (χ2v) is 6.56. The molecule has 0 aliphatic rings. The summed E-state index contributed by atoms with van der Waals surface area (Å²) in [5.74, 6) is 0.606. The molecule has 0 atom stereocenters. The third-order valence-electron chi connectivity index (χ3n) is 4.20. The lowest BCUT2D eigenvalue weighted by atomic mass is 10.0. The Kier molecular flexibility index (Phi) is 6.39. The van der Waals surface area contributed by atoms with E-state index in [0.717, 1.165) is 5.56 Å². The second-order valence-electron chi connectivity index (χ2n) is 6.56. The van der Waals surface area contributed by atoms with Gasteiger partial charge in [-0.1, -0.05) is 55.4 Å². The molecule has 0 amide bonds. The summed E-state index contributed by atoms with van der Waals surface area (Å²) in [5.41, 5.74) is 3.04. The minimum absolute atomic E-state index is 0.0354. The smallest absolute Gasteiger partial charge is 0.340 e. The number of carbonyl (C=O) groups excluding carboxylic acids is 1. The fraction of sp³-hybridized carbons (Fsp3) is 0.286. The molecule has 146 valence electrons. The van der Waals surface area contributed by atoms with E-state index in [1.54, 1.807) is 24.3 Å². The van der Waals surface area contributed by atoms with Crippen molar-refractivity contribution in [3.05, 3.63) is 65.5 Å². The number of ether oxygens (including phenoxy) is 1. The van der Waals surface area contributed by atoms with Gasteiger partial charge in [-0.15, -0.1) is 0 Å². The van der Waals surface area contributed by atoms with Gasteiger partial charge in [0.25, 0.3) is 5.89 Å². The first kappa shape index (κ1) is 19.6. The first-order valence-electron chi connectivity index (χ1n) is 9.12. The van der Waals surface area contributed by atoms with E-state index in [-0.39, 0.29) is 19.1 Å². The molecular weight excluding hydrogens is 358 g/mol. The summed E-state index contributed by atoms with van der Waals surface area (Å²) in [6.07, 6.45) is 0. The molecule has 0 saturated carbocycles. The lowest BCUT2D eigenvalue weighted by molar-refractivity contribution is 0.0431. The molecule has 2 aromatic carbocycles. The third-order valence-corrected chi connectivity index (χ3v) is 4.20. The number of benzene rings is 2. The minimum Gasteiger partial charge on any atom is -0.452 e. The van der Waals surface area contributed by atoms with Crippen LogP contribution in [-0.4, -0.2) is 34.4 Å². The van der Waals surface area contributed by atoms with Gasteiger partial charge in [0.2, 0.25) is 5.82 Å². The van der Waals surface area contributed by atoms with Gasteiger partial charge in [0.1, 0.15) is 0 Å². The fourth-order valence-corrected chi connectivity index (χ4v) is 2.66. The number of aliphatic hydroxyl groups excluding tert-OH is 1. The Morgan fingerprint density at radius 3 is 2.64 bits per heavy atom. The molecule has 0 fully saturated rings. The Hall–Kier alpha value is -3.19. The number of nitrogens with one attached hydrogen (secondary N) is 1. The first-order chi connectivity index (χ1) is 13.6. The zero-order valence-corrected chi connectivity index (χ0v) is 15.9. The van der Waals surface area contributed by atoms with E-state index in [1.165, 1.54) is 5.56 Å². The third kappa shape index (κ3) is 4.75. The molecule has 3 rings (SSSR count). The van der Waals surface area contributed by atoms with Crippen molar-refractivity contribution in [2.75, 3.05) is 18.5 Å². The maximum Gasteiger partial charge on any atom is 0.340 e. The van der Waals surface area contributed by atoms with Crippen molar-refractivity contribution in [2.24, 2.45) is 0 Å². The number of nitrogens with zero attached hydrogens (tertiary/aromatic N) is 2. The predicted molar refractivity (Wildman–Crippen MR) is 105 cm³/mol. The van der Waals surface area contributed by atoms with Crippen molar-refractivity contribution in [3.8, 4) is 11.4 Å². The summed E-state index contributed by atoms with van der Waals surface area (Å²) in [7, 11) is 0. The molecule has 0 spiro atoms. The number of rotatable bonds is 8. The monoisotopic (exact) mass is 381 g/mol. The zero-order valence-electron chi connectivity index (χ0n) is 15.9. The van der Waals surface area contributed by atoms with Crippen LogP contribution in [0.3, 0.4) is 0 Å². The topological polar surface area (TPSA) is 97.5 Å². The average molecular weight is 381 g/mol. The second kappa shape index (κ2) is 9.14. The number of hydrogen-bond donors (Lipinski definition) is 2. The Balaban J connectivity index is 1.64. The summed E-state index contributed by atoms with van der Waals surface area (Å²) in [5, 5.41) is 15.9. The Labute approximate surface area is 163 Å².